The number of aromatic nitrogens is 1. The van der Waals surface area contributed by atoms with Gasteiger partial charge >= 0.3 is 12.1 Å². The minimum Gasteiger partial charge on any atom is -0.481 e. The van der Waals surface area contributed by atoms with E-state index in [9.17, 15) is 33.0 Å². The third-order valence-electron chi connectivity index (χ3n) is 8.00. The van der Waals surface area contributed by atoms with Crippen molar-refractivity contribution >= 4 is 23.3 Å². The Hall–Kier alpha value is -3.79. The molecule has 1 aliphatic heterocycles. The molecule has 0 spiro atoms. The lowest BCUT2D eigenvalue weighted by Crippen LogP contribution is -2.25. The molecule has 3 atom stereocenters. The van der Waals surface area contributed by atoms with E-state index in [0.29, 0.717) is 31.3 Å². The van der Waals surface area contributed by atoms with Crippen LogP contribution in [0.4, 0.5) is 24.5 Å². The number of carboxylic acid groups (broad SMARTS) is 1. The predicted molar refractivity (Wildman–Crippen MR) is 149 cm³/mol. The Balaban J connectivity index is 1.44. The average molecular weight is 570 g/mol. The number of anilines is 2. The SMILES string of the molecule is CC(C)c1c(C(=O)Nc2cc(CC(=O)O)c(N3CC[C@@H](O)C3)cc2C(F)(F)F)ccn1C[C@H]1C[C@@H]1c1ccccc1. The molecule has 5 rings (SSSR count). The number of aliphatic hydroxyl groups excluding tert-OH is 1. The topological polar surface area (TPSA) is 94.8 Å². The number of hydrogen-bond acceptors (Lipinski definition) is 4. The normalized spacial score (nSPS) is 20.5. The molecule has 3 aromatic rings. The molecule has 2 heterocycles. The van der Waals surface area contributed by atoms with Gasteiger partial charge in [-0.2, -0.15) is 13.2 Å². The summed E-state index contributed by atoms with van der Waals surface area (Å²) in [6, 6.07) is 13.9. The Morgan fingerprint density at radius 1 is 1.12 bits per heavy atom. The second-order valence-electron chi connectivity index (χ2n) is 11.4. The van der Waals surface area contributed by atoms with E-state index in [1.54, 1.807) is 11.0 Å². The van der Waals surface area contributed by atoms with E-state index in [1.165, 1.54) is 5.56 Å². The number of carbonyl (C=O) groups is 2. The second-order valence-corrected chi connectivity index (χ2v) is 11.4. The standard InChI is InChI=1S/C31H34F3N3O4/c1-18(2)29-23(9-11-37(29)16-21-12-24(21)19-6-4-3-5-7-19)30(41)35-26-13-20(14-28(39)40)27(15-25(26)31(32,33)34)36-10-8-22(38)17-36/h3-7,9,11,13,15,18,21-22,24,38H,8,10,12,14,16-17H2,1-2H3,(H,35,41)(H,39,40)/t21-,22-,24-/m1/s1. The van der Waals surface area contributed by atoms with Crippen molar-refractivity contribution in [1.29, 1.82) is 0 Å². The van der Waals surface area contributed by atoms with Crippen molar-refractivity contribution < 1.29 is 33.0 Å². The molecule has 41 heavy (non-hydrogen) atoms. The van der Waals surface area contributed by atoms with Gasteiger partial charge in [0.25, 0.3) is 5.91 Å². The van der Waals surface area contributed by atoms with Crippen LogP contribution in [0.5, 0.6) is 0 Å². The summed E-state index contributed by atoms with van der Waals surface area (Å²) in [5.41, 5.74) is 0.983. The van der Waals surface area contributed by atoms with Crippen LogP contribution in [0, 0.1) is 5.92 Å². The maximum Gasteiger partial charge on any atom is 0.418 e. The highest BCUT2D eigenvalue weighted by atomic mass is 19.4. The molecular formula is C31H34F3N3O4. The van der Waals surface area contributed by atoms with Crippen molar-refractivity contribution in [3.63, 3.8) is 0 Å². The molecule has 7 nitrogen and oxygen atoms in total. The lowest BCUT2D eigenvalue weighted by atomic mass is 10.0. The van der Waals surface area contributed by atoms with Gasteiger partial charge in [-0.15, -0.1) is 0 Å². The van der Waals surface area contributed by atoms with Crippen LogP contribution in [-0.2, 0) is 23.9 Å². The van der Waals surface area contributed by atoms with Crippen LogP contribution < -0.4 is 10.2 Å². The molecular weight excluding hydrogens is 535 g/mol. The van der Waals surface area contributed by atoms with E-state index in [1.807, 2.05) is 42.8 Å². The minimum atomic E-state index is -4.80. The van der Waals surface area contributed by atoms with E-state index in [-0.39, 0.29) is 29.3 Å². The monoisotopic (exact) mass is 569 g/mol. The van der Waals surface area contributed by atoms with Crippen molar-refractivity contribution in [2.45, 2.75) is 63.8 Å². The highest BCUT2D eigenvalue weighted by molar-refractivity contribution is 6.06. The lowest BCUT2D eigenvalue weighted by molar-refractivity contribution is -0.137. The van der Waals surface area contributed by atoms with Crippen LogP contribution in [-0.4, -0.2) is 45.9 Å². The first-order valence-electron chi connectivity index (χ1n) is 13.9. The van der Waals surface area contributed by atoms with Crippen molar-refractivity contribution in [2.24, 2.45) is 5.92 Å². The molecule has 218 valence electrons. The van der Waals surface area contributed by atoms with E-state index >= 15 is 0 Å². The number of β-amino-alcohol motifs (C(OH)–C–C–N with tert-alkyl or cyclic N) is 1. The van der Waals surface area contributed by atoms with Gasteiger partial charge in [0.2, 0.25) is 0 Å². The van der Waals surface area contributed by atoms with E-state index < -0.39 is 41.8 Å². The summed E-state index contributed by atoms with van der Waals surface area (Å²) in [5.74, 6) is -1.11. The van der Waals surface area contributed by atoms with Gasteiger partial charge in [-0.25, -0.2) is 0 Å². The number of amides is 1. The highest BCUT2D eigenvalue weighted by Crippen LogP contribution is 2.49. The molecule has 0 radical (unpaired) electrons. The van der Waals surface area contributed by atoms with Gasteiger partial charge in [0, 0.05) is 37.2 Å². The molecule has 3 N–H and O–H groups in total. The number of halogens is 3. The number of aliphatic hydroxyl groups is 1. The first-order chi connectivity index (χ1) is 19.4. The summed E-state index contributed by atoms with van der Waals surface area (Å²) >= 11 is 0. The summed E-state index contributed by atoms with van der Waals surface area (Å²) in [7, 11) is 0. The fraction of sp³-hybridized carbons (Fsp3) is 0.419. The van der Waals surface area contributed by atoms with Gasteiger partial charge in [-0.3, -0.25) is 9.59 Å². The maximum absolute atomic E-state index is 14.2. The molecule has 1 saturated heterocycles. The van der Waals surface area contributed by atoms with Crippen molar-refractivity contribution in [3.05, 3.63) is 82.7 Å². The molecule has 10 heteroatoms. The Morgan fingerprint density at radius 2 is 1.85 bits per heavy atom. The van der Waals surface area contributed by atoms with Crippen LogP contribution in [0.1, 0.15) is 71.3 Å². The molecule has 1 aromatic heterocycles. The van der Waals surface area contributed by atoms with Crippen LogP contribution in [0.25, 0.3) is 0 Å². The third-order valence-corrected chi connectivity index (χ3v) is 8.00. The Kier molecular flexibility index (Phi) is 7.87. The second kappa shape index (κ2) is 11.2. The summed E-state index contributed by atoms with van der Waals surface area (Å²) < 4.78 is 44.7. The summed E-state index contributed by atoms with van der Waals surface area (Å²) in [5, 5.41) is 21.8. The molecule has 2 aliphatic rings. The van der Waals surface area contributed by atoms with Crippen molar-refractivity contribution in [2.75, 3.05) is 23.3 Å². The van der Waals surface area contributed by atoms with Gasteiger partial charge in [-0.1, -0.05) is 44.2 Å². The van der Waals surface area contributed by atoms with Crippen LogP contribution >= 0.6 is 0 Å². The average Bonchev–Trinajstić information content (AvgIpc) is 3.30. The number of carbonyl (C=O) groups excluding carboxylic acids is 1. The number of carboxylic acids is 1. The Labute approximate surface area is 236 Å². The van der Waals surface area contributed by atoms with Crippen molar-refractivity contribution in [1.82, 2.24) is 4.57 Å². The first kappa shape index (κ1) is 28.7. The molecule has 0 bridgehead atoms. The first-order valence-corrected chi connectivity index (χ1v) is 13.9. The van der Waals surface area contributed by atoms with Crippen LogP contribution in [0.3, 0.4) is 0 Å². The lowest BCUT2D eigenvalue weighted by Gasteiger charge is -2.25. The van der Waals surface area contributed by atoms with Gasteiger partial charge in [-0.05, 0) is 59.9 Å². The molecule has 0 unspecified atom stereocenters. The quantitative estimate of drug-likeness (QED) is 0.299. The van der Waals surface area contributed by atoms with Gasteiger partial charge in [0.05, 0.1) is 29.3 Å². The maximum atomic E-state index is 14.2. The van der Waals surface area contributed by atoms with Crippen molar-refractivity contribution in [3.8, 4) is 0 Å². The van der Waals surface area contributed by atoms with E-state index in [4.69, 9.17) is 0 Å². The fourth-order valence-electron chi connectivity index (χ4n) is 6.01. The largest absolute Gasteiger partial charge is 0.481 e. The zero-order valence-corrected chi connectivity index (χ0v) is 23.0. The number of aliphatic carboxylic acids is 1. The Morgan fingerprint density at radius 3 is 2.46 bits per heavy atom. The molecule has 1 saturated carbocycles. The third kappa shape index (κ3) is 6.27. The zero-order chi connectivity index (χ0) is 29.5. The highest BCUT2D eigenvalue weighted by Gasteiger charge is 2.39. The number of alkyl halides is 3. The van der Waals surface area contributed by atoms with Gasteiger partial charge < -0.3 is 25.0 Å². The summed E-state index contributed by atoms with van der Waals surface area (Å²) in [4.78, 5) is 26.6. The van der Waals surface area contributed by atoms with Crippen LogP contribution in [0.15, 0.2) is 54.7 Å². The molecule has 1 amide bonds. The zero-order valence-electron chi connectivity index (χ0n) is 23.0. The van der Waals surface area contributed by atoms with Gasteiger partial charge in [0.1, 0.15) is 0 Å². The fourth-order valence-corrected chi connectivity index (χ4v) is 6.01. The number of nitrogens with one attached hydrogen (secondary N) is 1. The summed E-state index contributed by atoms with van der Waals surface area (Å²) in [6.07, 6.45) is -2.83. The number of benzene rings is 2. The molecule has 2 fully saturated rings. The number of hydrogen-bond donors (Lipinski definition) is 3. The minimum absolute atomic E-state index is 0.0618. The smallest absolute Gasteiger partial charge is 0.418 e. The van der Waals surface area contributed by atoms with Crippen LogP contribution in [0.2, 0.25) is 0 Å². The molecule has 2 aromatic carbocycles. The number of rotatable bonds is 9. The van der Waals surface area contributed by atoms with Gasteiger partial charge in [0.15, 0.2) is 0 Å². The summed E-state index contributed by atoms with van der Waals surface area (Å²) in [6.45, 7) is 4.99. The van der Waals surface area contributed by atoms with E-state index in [0.717, 1.165) is 24.2 Å². The predicted octanol–water partition coefficient (Wildman–Crippen LogP) is 5.88. The molecule has 1 aliphatic carbocycles. The number of nitrogens with zero attached hydrogens (tertiary/aromatic N) is 2. The Bertz CT molecular complexity index is 1430. The van der Waals surface area contributed by atoms with E-state index in [2.05, 4.69) is 17.4 Å².